The Morgan fingerprint density at radius 3 is 2.49 bits per heavy atom. The minimum atomic E-state index is -0.605. The molecule has 4 N–H and O–H groups in total. The first-order chi connectivity index (χ1) is 19.9. The van der Waals surface area contributed by atoms with Crippen LogP contribution in [0.1, 0.15) is 44.9 Å². The van der Waals surface area contributed by atoms with Crippen LogP contribution in [0.2, 0.25) is 0 Å². The van der Waals surface area contributed by atoms with Crippen molar-refractivity contribution in [3.63, 3.8) is 0 Å². The zero-order valence-corrected chi connectivity index (χ0v) is 23.2. The highest BCUT2D eigenvalue weighted by molar-refractivity contribution is 5.87. The molecule has 1 aliphatic heterocycles. The fraction of sp³-hybridized carbons (Fsp3) is 0.387. The first-order valence-electron chi connectivity index (χ1n) is 13.9. The number of hydrogen-bond donors (Lipinski definition) is 3. The molecular formula is C31H36FN5O4. The Kier molecular flexibility index (Phi) is 10.5. The second-order valence-electron chi connectivity index (χ2n) is 10.1. The van der Waals surface area contributed by atoms with Gasteiger partial charge in [0.1, 0.15) is 23.1 Å². The standard InChI is InChI=1S/C31H36FN5O4/c1-34-26-13-10-22(19-25(26)32)31-30(21-8-11-24(40-2)12-9-21)27(41-18-6-4-3-5-7-29(38)36-39)20-28(35-31)37-16-14-23(33)15-17-37/h8-13,19-20,23,39H,3-7,14-18,33H2,2H3,(H,36,38). The predicted molar refractivity (Wildman–Crippen MR) is 156 cm³/mol. The Hall–Kier alpha value is -4.20. The summed E-state index contributed by atoms with van der Waals surface area (Å²) in [5.41, 5.74) is 10.4. The Morgan fingerprint density at radius 2 is 1.83 bits per heavy atom. The Morgan fingerprint density at radius 1 is 1.12 bits per heavy atom. The van der Waals surface area contributed by atoms with Crippen molar-refractivity contribution in [3.05, 3.63) is 65.8 Å². The molecule has 0 aliphatic carbocycles. The van der Waals surface area contributed by atoms with Gasteiger partial charge in [-0.25, -0.2) is 19.7 Å². The zero-order valence-electron chi connectivity index (χ0n) is 23.2. The van der Waals surface area contributed by atoms with Gasteiger partial charge in [-0.05, 0) is 49.4 Å². The van der Waals surface area contributed by atoms with Crippen molar-refractivity contribution in [2.75, 3.05) is 31.7 Å². The van der Waals surface area contributed by atoms with Crippen LogP contribution in [-0.2, 0) is 4.79 Å². The fourth-order valence-corrected chi connectivity index (χ4v) is 4.88. The van der Waals surface area contributed by atoms with Crippen molar-refractivity contribution in [3.8, 4) is 33.9 Å². The van der Waals surface area contributed by atoms with Gasteiger partial charge in [-0.3, -0.25) is 10.0 Å². The van der Waals surface area contributed by atoms with Gasteiger partial charge in [0.05, 0.1) is 31.5 Å². The molecule has 1 amide bonds. The molecule has 0 saturated carbocycles. The van der Waals surface area contributed by atoms with E-state index >= 15 is 0 Å². The topological polar surface area (TPSA) is 114 Å². The first kappa shape index (κ1) is 29.8. The molecule has 10 heteroatoms. The molecule has 216 valence electrons. The molecule has 4 rings (SSSR count). The van der Waals surface area contributed by atoms with E-state index in [0.717, 1.165) is 62.1 Å². The van der Waals surface area contributed by atoms with Gasteiger partial charge >= 0.3 is 0 Å². The van der Waals surface area contributed by atoms with Crippen molar-refractivity contribution in [2.24, 2.45) is 5.73 Å². The molecule has 1 saturated heterocycles. The van der Waals surface area contributed by atoms with Crippen LogP contribution in [0.25, 0.3) is 27.2 Å². The van der Waals surface area contributed by atoms with Crippen LogP contribution in [0, 0.1) is 12.4 Å². The molecule has 1 fully saturated rings. The molecule has 1 aliphatic rings. The summed E-state index contributed by atoms with van der Waals surface area (Å²) in [4.78, 5) is 21.7. The number of hydroxylamine groups is 1. The third-order valence-electron chi connectivity index (χ3n) is 7.23. The van der Waals surface area contributed by atoms with Crippen LogP contribution in [0.5, 0.6) is 11.5 Å². The quantitative estimate of drug-likeness (QED) is 0.110. The lowest BCUT2D eigenvalue weighted by molar-refractivity contribution is -0.129. The van der Waals surface area contributed by atoms with Crippen LogP contribution in [-0.4, -0.2) is 48.9 Å². The number of unbranched alkanes of at least 4 members (excludes halogenated alkanes) is 3. The molecule has 1 aromatic heterocycles. The number of benzene rings is 2. The Balaban J connectivity index is 1.71. The number of nitrogens with zero attached hydrogens (tertiary/aromatic N) is 3. The van der Waals surface area contributed by atoms with E-state index < -0.39 is 5.82 Å². The number of methoxy groups -OCH3 is 1. The van der Waals surface area contributed by atoms with Crippen LogP contribution in [0.4, 0.5) is 15.9 Å². The lowest BCUT2D eigenvalue weighted by Crippen LogP contribution is -2.40. The highest BCUT2D eigenvalue weighted by Crippen LogP contribution is 2.42. The minimum Gasteiger partial charge on any atom is -0.497 e. The number of carbonyl (C=O) groups is 1. The number of nitrogens with one attached hydrogen (secondary N) is 1. The van der Waals surface area contributed by atoms with Crippen LogP contribution < -0.4 is 25.6 Å². The second kappa shape index (κ2) is 14.4. The summed E-state index contributed by atoms with van der Waals surface area (Å²) in [6.07, 6.45) is 5.09. The van der Waals surface area contributed by atoms with E-state index in [9.17, 15) is 9.18 Å². The molecule has 41 heavy (non-hydrogen) atoms. The number of ether oxygens (including phenoxy) is 2. The van der Waals surface area contributed by atoms with Crippen LogP contribution in [0.3, 0.4) is 0 Å². The van der Waals surface area contributed by atoms with Gasteiger partial charge in [0.25, 0.3) is 0 Å². The number of carbonyl (C=O) groups excluding carboxylic acids is 1. The van der Waals surface area contributed by atoms with Crippen LogP contribution >= 0.6 is 0 Å². The van der Waals surface area contributed by atoms with Crippen molar-refractivity contribution in [1.82, 2.24) is 10.5 Å². The normalized spacial score (nSPS) is 13.5. The third-order valence-corrected chi connectivity index (χ3v) is 7.23. The monoisotopic (exact) mass is 561 g/mol. The molecule has 0 atom stereocenters. The number of halogens is 1. The van der Waals surface area contributed by atoms with Gasteiger partial charge in [-0.15, -0.1) is 0 Å². The molecule has 0 bridgehead atoms. The van der Waals surface area contributed by atoms with E-state index in [4.69, 9.17) is 32.0 Å². The highest BCUT2D eigenvalue weighted by Gasteiger charge is 2.23. The van der Waals surface area contributed by atoms with E-state index in [1.54, 1.807) is 18.7 Å². The number of nitrogens with two attached hydrogens (primary N) is 1. The predicted octanol–water partition coefficient (Wildman–Crippen LogP) is 5.88. The summed E-state index contributed by atoms with van der Waals surface area (Å²) >= 11 is 0. The lowest BCUT2D eigenvalue weighted by atomic mass is 9.97. The molecule has 0 unspecified atom stereocenters. The summed E-state index contributed by atoms with van der Waals surface area (Å²) in [5, 5.41) is 8.65. The van der Waals surface area contributed by atoms with Gasteiger partial charge in [-0.2, -0.15) is 0 Å². The lowest BCUT2D eigenvalue weighted by Gasteiger charge is -2.32. The molecular weight excluding hydrogens is 525 g/mol. The molecule has 0 radical (unpaired) electrons. The minimum absolute atomic E-state index is 0.0473. The maximum absolute atomic E-state index is 14.8. The molecule has 3 aromatic rings. The van der Waals surface area contributed by atoms with E-state index in [1.165, 1.54) is 12.1 Å². The fourth-order valence-electron chi connectivity index (χ4n) is 4.88. The van der Waals surface area contributed by atoms with Crippen molar-refractivity contribution in [2.45, 2.75) is 51.0 Å². The summed E-state index contributed by atoms with van der Waals surface area (Å²) in [7, 11) is 1.60. The van der Waals surface area contributed by atoms with Crippen LogP contribution in [0.15, 0.2) is 48.5 Å². The average Bonchev–Trinajstić information content (AvgIpc) is 3.00. The van der Waals surface area contributed by atoms with E-state index in [-0.39, 0.29) is 24.1 Å². The maximum atomic E-state index is 14.8. The van der Waals surface area contributed by atoms with Gasteiger partial charge < -0.3 is 20.1 Å². The largest absolute Gasteiger partial charge is 0.497 e. The number of piperidine rings is 1. The third kappa shape index (κ3) is 7.72. The number of amides is 1. The van der Waals surface area contributed by atoms with Gasteiger partial charge in [0, 0.05) is 37.2 Å². The Labute approximate surface area is 239 Å². The summed E-state index contributed by atoms with van der Waals surface area (Å²) in [6.45, 7) is 9.19. The molecule has 2 heterocycles. The van der Waals surface area contributed by atoms with Crippen molar-refractivity contribution >= 4 is 17.4 Å². The van der Waals surface area contributed by atoms with Crippen molar-refractivity contribution in [1.29, 1.82) is 0 Å². The van der Waals surface area contributed by atoms with Crippen molar-refractivity contribution < 1.29 is 23.9 Å². The first-order valence-corrected chi connectivity index (χ1v) is 13.9. The van der Waals surface area contributed by atoms with E-state index in [0.29, 0.717) is 35.8 Å². The SMILES string of the molecule is [C-]#[N+]c1ccc(-c2nc(N3CCC(N)CC3)cc(OCCCCCCC(=O)NO)c2-c2ccc(OC)cc2)cc1F. The molecule has 2 aromatic carbocycles. The summed E-state index contributed by atoms with van der Waals surface area (Å²) < 4.78 is 26.6. The number of anilines is 1. The summed E-state index contributed by atoms with van der Waals surface area (Å²) in [5.74, 6) is 1.06. The number of aromatic nitrogens is 1. The highest BCUT2D eigenvalue weighted by atomic mass is 19.1. The number of rotatable bonds is 12. The van der Waals surface area contributed by atoms with Gasteiger partial charge in [-0.1, -0.05) is 37.1 Å². The van der Waals surface area contributed by atoms with E-state index in [1.807, 2.05) is 30.3 Å². The molecule has 0 spiro atoms. The zero-order chi connectivity index (χ0) is 29.2. The molecule has 9 nitrogen and oxygen atoms in total. The second-order valence-corrected chi connectivity index (χ2v) is 10.1. The maximum Gasteiger partial charge on any atom is 0.243 e. The number of pyridine rings is 1. The Bertz CT molecular complexity index is 1370. The summed E-state index contributed by atoms with van der Waals surface area (Å²) in [6, 6.07) is 14.2. The van der Waals surface area contributed by atoms with Gasteiger partial charge in [0.15, 0.2) is 0 Å². The van der Waals surface area contributed by atoms with E-state index in [2.05, 4.69) is 9.74 Å². The van der Waals surface area contributed by atoms with Gasteiger partial charge in [0.2, 0.25) is 11.6 Å². The average molecular weight is 562 g/mol. The smallest absolute Gasteiger partial charge is 0.243 e. The number of hydrogen-bond acceptors (Lipinski definition) is 7.